The van der Waals surface area contributed by atoms with Gasteiger partial charge in [-0.2, -0.15) is 0 Å². The van der Waals surface area contributed by atoms with Crippen LogP contribution in [0.2, 0.25) is 0 Å². The van der Waals surface area contributed by atoms with E-state index in [1.165, 1.54) is 0 Å². The molecule has 0 aromatic rings. The third kappa shape index (κ3) is 6.46. The van der Waals surface area contributed by atoms with Crippen LogP contribution in [0.5, 0.6) is 0 Å². The van der Waals surface area contributed by atoms with E-state index in [0.717, 1.165) is 64.5 Å². The van der Waals surface area contributed by atoms with Crippen LogP contribution in [-0.2, 0) is 9.59 Å². The molecule has 0 aliphatic carbocycles. The highest BCUT2D eigenvalue weighted by molar-refractivity contribution is 5.82. The molecule has 0 aromatic heterocycles. The molecule has 0 atom stereocenters. The molecule has 3 N–H and O–H groups in total. The molecule has 1 aliphatic rings. The molecule has 122 valence electrons. The average Bonchev–Trinajstić information content (AvgIpc) is 2.47. The van der Waals surface area contributed by atoms with Gasteiger partial charge < -0.3 is 15.7 Å². The number of nitrogens with one attached hydrogen (secondary N) is 2. The van der Waals surface area contributed by atoms with Gasteiger partial charge in [-0.15, -0.1) is 0 Å². The van der Waals surface area contributed by atoms with Crippen molar-refractivity contribution < 1.29 is 14.7 Å². The van der Waals surface area contributed by atoms with Crippen molar-refractivity contribution >= 4 is 11.9 Å². The lowest BCUT2D eigenvalue weighted by molar-refractivity contribution is -0.137. The fraction of sp³-hybridized carbons (Fsp3) is 0.875. The lowest BCUT2D eigenvalue weighted by Gasteiger charge is -2.36. The Morgan fingerprint density at radius 2 is 1.81 bits per heavy atom. The number of carboxylic acid groups (broad SMARTS) is 1. The molecule has 1 rings (SSSR count). The van der Waals surface area contributed by atoms with Gasteiger partial charge in [0, 0.05) is 13.0 Å². The summed E-state index contributed by atoms with van der Waals surface area (Å²) in [5.41, 5.74) is -0.163. The van der Waals surface area contributed by atoms with Crippen molar-refractivity contribution in [1.29, 1.82) is 0 Å². The Hall–Kier alpha value is -1.10. The first-order valence-electron chi connectivity index (χ1n) is 8.31. The van der Waals surface area contributed by atoms with Crippen LogP contribution in [0.1, 0.15) is 64.7 Å². The number of carbonyl (C=O) groups is 2. The maximum Gasteiger partial charge on any atom is 0.303 e. The van der Waals surface area contributed by atoms with Crippen molar-refractivity contribution in [2.75, 3.05) is 19.6 Å². The number of hydrogen-bond donors (Lipinski definition) is 3. The Balaban J connectivity index is 2.20. The van der Waals surface area contributed by atoms with E-state index in [4.69, 9.17) is 5.11 Å². The van der Waals surface area contributed by atoms with Gasteiger partial charge in [0.15, 0.2) is 0 Å². The van der Waals surface area contributed by atoms with Crippen LogP contribution in [0.4, 0.5) is 0 Å². The fourth-order valence-electron chi connectivity index (χ4n) is 3.12. The van der Waals surface area contributed by atoms with Crippen LogP contribution in [0.3, 0.4) is 0 Å². The molecule has 1 fully saturated rings. The molecular weight excluding hydrogens is 268 g/mol. The summed E-state index contributed by atoms with van der Waals surface area (Å²) in [5, 5.41) is 15.0. The predicted octanol–water partition coefficient (Wildman–Crippen LogP) is 2.31. The molecule has 1 amide bonds. The minimum atomic E-state index is -0.726. The summed E-state index contributed by atoms with van der Waals surface area (Å²) in [7, 11) is 0. The molecule has 1 heterocycles. The summed E-state index contributed by atoms with van der Waals surface area (Å²) in [5.74, 6) is -0.507. The van der Waals surface area contributed by atoms with Gasteiger partial charge in [-0.1, -0.05) is 26.2 Å². The minimum absolute atomic E-state index is 0.163. The van der Waals surface area contributed by atoms with Crippen molar-refractivity contribution in [1.82, 2.24) is 10.6 Å². The molecule has 21 heavy (non-hydrogen) atoms. The van der Waals surface area contributed by atoms with Crippen LogP contribution < -0.4 is 10.6 Å². The number of amides is 1. The quantitative estimate of drug-likeness (QED) is 0.541. The fourth-order valence-corrected chi connectivity index (χ4v) is 3.12. The zero-order valence-electron chi connectivity index (χ0n) is 13.2. The van der Waals surface area contributed by atoms with Crippen molar-refractivity contribution in [3.8, 4) is 0 Å². The summed E-state index contributed by atoms with van der Waals surface area (Å²) in [6.07, 6.45) is 7.71. The van der Waals surface area contributed by atoms with Gasteiger partial charge >= 0.3 is 5.97 Å². The number of rotatable bonds is 10. The minimum Gasteiger partial charge on any atom is -0.481 e. The van der Waals surface area contributed by atoms with Crippen molar-refractivity contribution in [3.05, 3.63) is 0 Å². The van der Waals surface area contributed by atoms with Gasteiger partial charge in [0.25, 0.3) is 0 Å². The van der Waals surface area contributed by atoms with E-state index < -0.39 is 5.97 Å². The topological polar surface area (TPSA) is 78.4 Å². The van der Waals surface area contributed by atoms with Crippen molar-refractivity contribution in [2.45, 2.75) is 64.7 Å². The second-order valence-electron chi connectivity index (χ2n) is 6.09. The molecule has 1 saturated heterocycles. The van der Waals surface area contributed by atoms with E-state index in [1.807, 2.05) is 0 Å². The van der Waals surface area contributed by atoms with Crippen LogP contribution in [-0.4, -0.2) is 36.6 Å². The Kier molecular flexibility index (Phi) is 8.35. The van der Waals surface area contributed by atoms with Gasteiger partial charge in [0.05, 0.1) is 5.41 Å². The third-order valence-electron chi connectivity index (χ3n) is 4.37. The van der Waals surface area contributed by atoms with Gasteiger partial charge in [-0.3, -0.25) is 9.59 Å². The molecule has 1 aliphatic heterocycles. The van der Waals surface area contributed by atoms with Crippen LogP contribution >= 0.6 is 0 Å². The third-order valence-corrected chi connectivity index (χ3v) is 4.37. The van der Waals surface area contributed by atoms with Crippen LogP contribution in [0, 0.1) is 5.41 Å². The largest absolute Gasteiger partial charge is 0.481 e. The van der Waals surface area contributed by atoms with Gasteiger partial charge in [-0.25, -0.2) is 0 Å². The number of hydrogen-bond acceptors (Lipinski definition) is 3. The maximum atomic E-state index is 12.5. The predicted molar refractivity (Wildman–Crippen MR) is 83.2 cm³/mol. The van der Waals surface area contributed by atoms with Crippen molar-refractivity contribution in [3.63, 3.8) is 0 Å². The molecule has 5 nitrogen and oxygen atoms in total. The lowest BCUT2D eigenvalue weighted by Crippen LogP contribution is -2.47. The Labute approximate surface area is 127 Å². The summed E-state index contributed by atoms with van der Waals surface area (Å²) in [6, 6.07) is 0. The Bertz CT molecular complexity index is 320. The molecule has 0 radical (unpaired) electrons. The second kappa shape index (κ2) is 9.77. The Morgan fingerprint density at radius 1 is 1.14 bits per heavy atom. The van der Waals surface area contributed by atoms with E-state index in [-0.39, 0.29) is 17.7 Å². The first kappa shape index (κ1) is 18.0. The van der Waals surface area contributed by atoms with E-state index in [2.05, 4.69) is 17.6 Å². The van der Waals surface area contributed by atoms with Gasteiger partial charge in [0.1, 0.15) is 0 Å². The molecule has 5 heteroatoms. The summed E-state index contributed by atoms with van der Waals surface area (Å²) in [6.45, 7) is 4.72. The average molecular weight is 298 g/mol. The normalized spacial score (nSPS) is 17.4. The summed E-state index contributed by atoms with van der Waals surface area (Å²) < 4.78 is 0. The SMILES string of the molecule is CCCC1(C(=O)NCCCCCCC(=O)O)CCNCC1. The van der Waals surface area contributed by atoms with E-state index in [0.29, 0.717) is 6.54 Å². The molecular formula is C16H30N2O3. The number of carboxylic acids is 1. The highest BCUT2D eigenvalue weighted by Crippen LogP contribution is 2.34. The summed E-state index contributed by atoms with van der Waals surface area (Å²) >= 11 is 0. The Morgan fingerprint density at radius 3 is 2.43 bits per heavy atom. The number of carbonyl (C=O) groups excluding carboxylic acids is 1. The zero-order valence-corrected chi connectivity index (χ0v) is 13.2. The van der Waals surface area contributed by atoms with E-state index in [9.17, 15) is 9.59 Å². The zero-order chi connectivity index (χ0) is 15.6. The smallest absolute Gasteiger partial charge is 0.303 e. The van der Waals surface area contributed by atoms with Gasteiger partial charge in [0.2, 0.25) is 5.91 Å². The van der Waals surface area contributed by atoms with Crippen LogP contribution in [0.15, 0.2) is 0 Å². The first-order valence-corrected chi connectivity index (χ1v) is 8.31. The van der Waals surface area contributed by atoms with E-state index in [1.54, 1.807) is 0 Å². The molecule has 0 bridgehead atoms. The van der Waals surface area contributed by atoms with E-state index >= 15 is 0 Å². The molecule has 0 spiro atoms. The molecule has 0 saturated carbocycles. The monoisotopic (exact) mass is 298 g/mol. The van der Waals surface area contributed by atoms with Crippen LogP contribution in [0.25, 0.3) is 0 Å². The lowest BCUT2D eigenvalue weighted by atomic mass is 9.74. The number of aliphatic carboxylic acids is 1. The maximum absolute atomic E-state index is 12.5. The van der Waals surface area contributed by atoms with Crippen molar-refractivity contribution in [2.24, 2.45) is 5.41 Å². The summed E-state index contributed by atoms with van der Waals surface area (Å²) in [4.78, 5) is 22.9. The molecule has 0 aromatic carbocycles. The highest BCUT2D eigenvalue weighted by Gasteiger charge is 2.38. The first-order chi connectivity index (χ1) is 10.1. The number of unbranched alkanes of at least 4 members (excludes halogenated alkanes) is 3. The molecule has 0 unspecified atom stereocenters. The van der Waals surface area contributed by atoms with Gasteiger partial charge in [-0.05, 0) is 45.2 Å². The highest BCUT2D eigenvalue weighted by atomic mass is 16.4. The standard InChI is InChI=1S/C16H30N2O3/c1-2-8-16(9-12-17-13-10-16)15(21)18-11-6-4-3-5-7-14(19)20/h17H,2-13H2,1H3,(H,18,21)(H,19,20). The second-order valence-corrected chi connectivity index (χ2v) is 6.09. The number of piperidine rings is 1.